The van der Waals surface area contributed by atoms with Gasteiger partial charge in [-0.1, -0.05) is 12.1 Å². The lowest BCUT2D eigenvalue weighted by atomic mass is 10.0. The molecule has 0 fully saturated rings. The van der Waals surface area contributed by atoms with Crippen LogP contribution in [0.2, 0.25) is 0 Å². The Hall–Kier alpha value is -3.67. The van der Waals surface area contributed by atoms with Crippen LogP contribution >= 0.6 is 11.3 Å². The van der Waals surface area contributed by atoms with Crippen molar-refractivity contribution >= 4 is 34.0 Å². The van der Waals surface area contributed by atoms with Crippen LogP contribution in [-0.2, 0) is 11.2 Å². The van der Waals surface area contributed by atoms with Gasteiger partial charge in [0.05, 0.1) is 17.7 Å². The van der Waals surface area contributed by atoms with Gasteiger partial charge in [0.25, 0.3) is 5.91 Å². The molecule has 0 radical (unpaired) electrons. The third-order valence-electron chi connectivity index (χ3n) is 4.43. The summed E-state index contributed by atoms with van der Waals surface area (Å²) in [5.41, 5.74) is 1.79. The molecule has 33 heavy (non-hydrogen) atoms. The first-order valence-electron chi connectivity index (χ1n) is 9.44. The summed E-state index contributed by atoms with van der Waals surface area (Å²) in [6.07, 6.45) is -5.16. The Morgan fingerprint density at radius 3 is 2.58 bits per heavy atom. The molecule has 3 aromatic rings. The number of anilines is 2. The lowest BCUT2D eigenvalue weighted by Gasteiger charge is -2.13. The Labute approximate surface area is 189 Å². The van der Waals surface area contributed by atoms with Gasteiger partial charge in [-0.25, -0.2) is 9.37 Å². The van der Waals surface area contributed by atoms with Crippen LogP contribution in [0.4, 0.5) is 28.4 Å². The highest BCUT2D eigenvalue weighted by atomic mass is 32.1. The SMILES string of the molecule is CNC(=O)c1c(CC(=O)Nc2nc(-c3ccc(F)c(OC(F)(F)F)c3)cs2)cccc1NC. The summed E-state index contributed by atoms with van der Waals surface area (Å²) in [7, 11) is 3.14. The molecule has 2 aromatic carbocycles. The van der Waals surface area contributed by atoms with Crippen LogP contribution in [0, 0.1) is 5.82 Å². The van der Waals surface area contributed by atoms with Crippen LogP contribution < -0.4 is 20.7 Å². The topological polar surface area (TPSA) is 92.4 Å². The molecule has 0 atom stereocenters. The number of amides is 2. The molecule has 0 bridgehead atoms. The predicted molar refractivity (Wildman–Crippen MR) is 116 cm³/mol. The number of halogens is 4. The van der Waals surface area contributed by atoms with Gasteiger partial charge in [0, 0.05) is 30.7 Å². The maximum atomic E-state index is 13.6. The molecular formula is C21H18F4N4O3S. The molecule has 3 rings (SSSR count). The highest BCUT2D eigenvalue weighted by molar-refractivity contribution is 7.14. The standard InChI is InChI=1S/C21H18F4N4O3S/c1-26-14-5-3-4-12(18(14)19(31)27-2)9-17(30)29-20-28-15(10-33-20)11-6-7-13(22)16(8-11)32-21(23,24)25/h3-8,10,26H,9H2,1-2H3,(H,27,31)(H,28,29,30). The molecule has 7 nitrogen and oxygen atoms in total. The molecule has 1 aromatic heterocycles. The number of benzene rings is 2. The van der Waals surface area contributed by atoms with Gasteiger partial charge in [-0.15, -0.1) is 24.5 Å². The van der Waals surface area contributed by atoms with Crippen molar-refractivity contribution in [1.82, 2.24) is 10.3 Å². The number of hydrogen-bond donors (Lipinski definition) is 3. The lowest BCUT2D eigenvalue weighted by molar-refractivity contribution is -0.275. The van der Waals surface area contributed by atoms with Crippen LogP contribution in [0.1, 0.15) is 15.9 Å². The molecular weight excluding hydrogens is 464 g/mol. The van der Waals surface area contributed by atoms with E-state index in [-0.39, 0.29) is 28.7 Å². The molecule has 0 spiro atoms. The molecule has 3 N–H and O–H groups in total. The Kier molecular flexibility index (Phi) is 7.16. The molecule has 2 amide bonds. The van der Waals surface area contributed by atoms with Crippen molar-refractivity contribution in [2.24, 2.45) is 0 Å². The zero-order valence-corrected chi connectivity index (χ0v) is 18.2. The fourth-order valence-corrected chi connectivity index (χ4v) is 3.75. The fraction of sp³-hybridized carbons (Fsp3) is 0.190. The molecule has 0 unspecified atom stereocenters. The first kappa shape index (κ1) is 24.0. The van der Waals surface area contributed by atoms with E-state index in [1.807, 2.05) is 0 Å². The molecule has 174 valence electrons. The average molecular weight is 482 g/mol. The first-order valence-corrected chi connectivity index (χ1v) is 10.3. The van der Waals surface area contributed by atoms with Crippen molar-refractivity contribution in [1.29, 1.82) is 0 Å². The summed E-state index contributed by atoms with van der Waals surface area (Å²) in [6, 6.07) is 8.03. The number of ether oxygens (including phenoxy) is 1. The van der Waals surface area contributed by atoms with Gasteiger partial charge in [0.1, 0.15) is 0 Å². The van der Waals surface area contributed by atoms with E-state index in [0.29, 0.717) is 16.8 Å². The zero-order chi connectivity index (χ0) is 24.2. The summed E-state index contributed by atoms with van der Waals surface area (Å²) >= 11 is 1.04. The van der Waals surface area contributed by atoms with Crippen LogP contribution in [-0.4, -0.2) is 37.3 Å². The van der Waals surface area contributed by atoms with Crippen LogP contribution in [0.5, 0.6) is 5.75 Å². The second-order valence-corrected chi connectivity index (χ2v) is 7.48. The molecule has 1 heterocycles. The molecule has 0 aliphatic heterocycles. The van der Waals surface area contributed by atoms with Gasteiger partial charge in [0.15, 0.2) is 16.7 Å². The summed E-state index contributed by atoms with van der Waals surface area (Å²) in [5, 5.41) is 9.72. The van der Waals surface area contributed by atoms with Crippen molar-refractivity contribution in [2.45, 2.75) is 12.8 Å². The Bertz CT molecular complexity index is 1180. The maximum Gasteiger partial charge on any atom is 0.573 e. The molecule has 0 aliphatic carbocycles. The van der Waals surface area contributed by atoms with Gasteiger partial charge in [-0.05, 0) is 29.8 Å². The summed E-state index contributed by atoms with van der Waals surface area (Å²) in [4.78, 5) is 29.0. The van der Waals surface area contributed by atoms with E-state index in [9.17, 15) is 27.2 Å². The van der Waals surface area contributed by atoms with E-state index in [0.717, 1.165) is 23.5 Å². The monoisotopic (exact) mass is 482 g/mol. The van der Waals surface area contributed by atoms with Gasteiger partial charge >= 0.3 is 6.36 Å². The average Bonchev–Trinajstić information content (AvgIpc) is 3.21. The van der Waals surface area contributed by atoms with Gasteiger partial charge in [0.2, 0.25) is 5.91 Å². The minimum absolute atomic E-state index is 0.118. The number of nitrogens with one attached hydrogen (secondary N) is 3. The highest BCUT2D eigenvalue weighted by Gasteiger charge is 2.32. The van der Waals surface area contributed by atoms with Gasteiger partial charge < -0.3 is 20.7 Å². The van der Waals surface area contributed by atoms with Crippen molar-refractivity contribution in [2.75, 3.05) is 24.7 Å². The lowest BCUT2D eigenvalue weighted by Crippen LogP contribution is -2.23. The van der Waals surface area contributed by atoms with Crippen molar-refractivity contribution < 1.29 is 31.9 Å². The second kappa shape index (κ2) is 9.86. The highest BCUT2D eigenvalue weighted by Crippen LogP contribution is 2.32. The van der Waals surface area contributed by atoms with E-state index >= 15 is 0 Å². The summed E-state index contributed by atoms with van der Waals surface area (Å²) < 4.78 is 54.7. The van der Waals surface area contributed by atoms with Gasteiger partial charge in [-0.2, -0.15) is 0 Å². The number of carbonyl (C=O) groups is 2. The third-order valence-corrected chi connectivity index (χ3v) is 5.19. The van der Waals surface area contributed by atoms with Crippen molar-refractivity contribution in [3.63, 3.8) is 0 Å². The number of rotatable bonds is 7. The molecule has 0 aliphatic rings. The van der Waals surface area contributed by atoms with E-state index in [4.69, 9.17) is 0 Å². The second-order valence-electron chi connectivity index (χ2n) is 6.62. The van der Waals surface area contributed by atoms with E-state index in [1.165, 1.54) is 18.5 Å². The van der Waals surface area contributed by atoms with Gasteiger partial charge in [-0.3, -0.25) is 9.59 Å². The molecule has 0 saturated carbocycles. The fourth-order valence-electron chi connectivity index (χ4n) is 3.01. The largest absolute Gasteiger partial charge is 0.573 e. The summed E-state index contributed by atoms with van der Waals surface area (Å²) in [6.45, 7) is 0. The van der Waals surface area contributed by atoms with Crippen LogP contribution in [0.3, 0.4) is 0 Å². The number of hydrogen-bond acceptors (Lipinski definition) is 6. The van der Waals surface area contributed by atoms with Crippen molar-refractivity contribution in [3.05, 3.63) is 58.7 Å². The third kappa shape index (κ3) is 5.98. The van der Waals surface area contributed by atoms with E-state index in [2.05, 4.69) is 25.7 Å². The Balaban J connectivity index is 1.76. The normalized spacial score (nSPS) is 11.1. The smallest absolute Gasteiger partial charge is 0.403 e. The maximum absolute atomic E-state index is 13.6. The number of carbonyl (C=O) groups excluding carboxylic acids is 2. The number of alkyl halides is 3. The Morgan fingerprint density at radius 2 is 1.91 bits per heavy atom. The number of thiazole rings is 1. The van der Waals surface area contributed by atoms with Crippen molar-refractivity contribution in [3.8, 4) is 17.0 Å². The minimum Gasteiger partial charge on any atom is -0.403 e. The Morgan fingerprint density at radius 1 is 1.15 bits per heavy atom. The molecule has 0 saturated heterocycles. The first-order chi connectivity index (χ1) is 15.6. The summed E-state index contributed by atoms with van der Waals surface area (Å²) in [5.74, 6) is -2.96. The van der Waals surface area contributed by atoms with E-state index < -0.39 is 23.8 Å². The van der Waals surface area contributed by atoms with Crippen LogP contribution in [0.25, 0.3) is 11.3 Å². The number of nitrogens with zero attached hydrogens (tertiary/aromatic N) is 1. The minimum atomic E-state index is -5.04. The number of aromatic nitrogens is 1. The van der Waals surface area contributed by atoms with E-state index in [1.54, 1.807) is 25.2 Å². The predicted octanol–water partition coefficient (Wildman–Crippen LogP) is 4.43. The van der Waals surface area contributed by atoms with Crippen LogP contribution in [0.15, 0.2) is 41.8 Å². The molecule has 12 heteroatoms. The quantitative estimate of drug-likeness (QED) is 0.434. The zero-order valence-electron chi connectivity index (χ0n) is 17.3.